The van der Waals surface area contributed by atoms with Gasteiger partial charge in [0.15, 0.2) is 0 Å². The SMILES string of the molecule is COCC(=O)NC1CCSC1. The van der Waals surface area contributed by atoms with Crippen molar-refractivity contribution >= 4 is 17.7 Å². The topological polar surface area (TPSA) is 38.3 Å². The number of methoxy groups -OCH3 is 1. The maximum absolute atomic E-state index is 11.0. The Morgan fingerprint density at radius 3 is 3.18 bits per heavy atom. The molecule has 0 aliphatic carbocycles. The highest BCUT2D eigenvalue weighted by molar-refractivity contribution is 7.99. The third kappa shape index (κ3) is 3.12. The van der Waals surface area contributed by atoms with E-state index in [1.54, 1.807) is 0 Å². The minimum atomic E-state index is 0.000000000000000222. The first-order chi connectivity index (χ1) is 5.33. The van der Waals surface area contributed by atoms with E-state index in [-0.39, 0.29) is 12.5 Å². The van der Waals surface area contributed by atoms with Gasteiger partial charge >= 0.3 is 0 Å². The molecule has 0 spiro atoms. The lowest BCUT2D eigenvalue weighted by atomic mass is 10.2. The molecule has 11 heavy (non-hydrogen) atoms. The Hall–Kier alpha value is -0.220. The van der Waals surface area contributed by atoms with Crippen LogP contribution in [-0.2, 0) is 9.53 Å². The van der Waals surface area contributed by atoms with Crippen LogP contribution in [0.15, 0.2) is 0 Å². The van der Waals surface area contributed by atoms with Crippen LogP contribution in [0.1, 0.15) is 6.42 Å². The van der Waals surface area contributed by atoms with Crippen LogP contribution in [-0.4, -0.2) is 37.2 Å². The second kappa shape index (κ2) is 4.62. The summed E-state index contributed by atoms with van der Waals surface area (Å²) in [6.45, 7) is 0.182. The smallest absolute Gasteiger partial charge is 0.246 e. The molecule has 0 aromatic carbocycles. The zero-order chi connectivity index (χ0) is 8.10. The van der Waals surface area contributed by atoms with Crippen molar-refractivity contribution in [1.82, 2.24) is 5.32 Å². The molecule has 1 N–H and O–H groups in total. The summed E-state index contributed by atoms with van der Waals surface area (Å²) in [5.41, 5.74) is 0. The minimum absolute atomic E-state index is 0.000000000000000222. The van der Waals surface area contributed by atoms with E-state index in [1.807, 2.05) is 11.8 Å². The van der Waals surface area contributed by atoms with Crippen LogP contribution in [0.3, 0.4) is 0 Å². The molecule has 1 heterocycles. The van der Waals surface area contributed by atoms with Gasteiger partial charge in [0, 0.05) is 18.9 Å². The van der Waals surface area contributed by atoms with Crippen LogP contribution in [0.4, 0.5) is 0 Å². The molecular weight excluding hydrogens is 162 g/mol. The van der Waals surface area contributed by atoms with E-state index >= 15 is 0 Å². The van der Waals surface area contributed by atoms with Crippen molar-refractivity contribution in [3.8, 4) is 0 Å². The van der Waals surface area contributed by atoms with Gasteiger partial charge in [0.05, 0.1) is 0 Å². The second-order valence-corrected chi connectivity index (χ2v) is 3.71. The maximum atomic E-state index is 11.0. The Morgan fingerprint density at radius 1 is 1.82 bits per heavy atom. The number of amides is 1. The van der Waals surface area contributed by atoms with E-state index in [0.717, 1.165) is 17.9 Å². The summed E-state index contributed by atoms with van der Waals surface area (Å²) in [4.78, 5) is 11.0. The first-order valence-electron chi connectivity index (χ1n) is 3.69. The largest absolute Gasteiger partial charge is 0.375 e. The fraction of sp³-hybridized carbons (Fsp3) is 0.857. The van der Waals surface area contributed by atoms with Crippen molar-refractivity contribution in [1.29, 1.82) is 0 Å². The highest BCUT2D eigenvalue weighted by Gasteiger charge is 2.16. The van der Waals surface area contributed by atoms with Crippen molar-refractivity contribution in [2.24, 2.45) is 0 Å². The average molecular weight is 175 g/mol. The molecule has 1 aliphatic heterocycles. The molecular formula is C7H13NO2S. The summed E-state index contributed by atoms with van der Waals surface area (Å²) in [5, 5.41) is 2.90. The molecule has 0 aromatic rings. The van der Waals surface area contributed by atoms with Crippen molar-refractivity contribution in [3.63, 3.8) is 0 Å². The fourth-order valence-corrected chi connectivity index (χ4v) is 2.20. The van der Waals surface area contributed by atoms with Crippen LogP contribution in [0.25, 0.3) is 0 Å². The van der Waals surface area contributed by atoms with Gasteiger partial charge in [0.1, 0.15) is 6.61 Å². The van der Waals surface area contributed by atoms with E-state index in [1.165, 1.54) is 7.11 Å². The van der Waals surface area contributed by atoms with Gasteiger partial charge in [-0.2, -0.15) is 11.8 Å². The van der Waals surface area contributed by atoms with Gasteiger partial charge in [0.2, 0.25) is 5.91 Å². The van der Waals surface area contributed by atoms with Crippen LogP contribution in [0.5, 0.6) is 0 Å². The van der Waals surface area contributed by atoms with E-state index in [0.29, 0.717) is 6.04 Å². The van der Waals surface area contributed by atoms with Gasteiger partial charge in [-0.3, -0.25) is 4.79 Å². The first-order valence-corrected chi connectivity index (χ1v) is 4.84. The predicted molar refractivity (Wildman–Crippen MR) is 45.7 cm³/mol. The van der Waals surface area contributed by atoms with Crippen LogP contribution < -0.4 is 5.32 Å². The summed E-state index contributed by atoms with van der Waals surface area (Å²) in [7, 11) is 1.53. The standard InChI is InChI=1S/C7H13NO2S/c1-10-4-7(9)8-6-2-3-11-5-6/h6H,2-5H2,1H3,(H,8,9). The normalized spacial score (nSPS) is 23.5. The molecule has 4 heteroatoms. The molecule has 1 aliphatic rings. The Kier molecular flexibility index (Phi) is 3.72. The van der Waals surface area contributed by atoms with Crippen LogP contribution in [0, 0.1) is 0 Å². The van der Waals surface area contributed by atoms with Crippen LogP contribution in [0.2, 0.25) is 0 Å². The molecule has 0 saturated carbocycles. The molecule has 0 radical (unpaired) electrons. The summed E-state index contributed by atoms with van der Waals surface area (Å²) in [5.74, 6) is 2.22. The molecule has 1 fully saturated rings. The molecule has 0 aromatic heterocycles. The quantitative estimate of drug-likeness (QED) is 0.668. The first kappa shape index (κ1) is 8.87. The van der Waals surface area contributed by atoms with Gasteiger partial charge < -0.3 is 10.1 Å². The second-order valence-electron chi connectivity index (χ2n) is 2.56. The zero-order valence-corrected chi connectivity index (χ0v) is 7.45. The Balaban J connectivity index is 2.13. The number of hydrogen-bond acceptors (Lipinski definition) is 3. The number of carbonyl (C=O) groups is 1. The highest BCUT2D eigenvalue weighted by atomic mass is 32.2. The lowest BCUT2D eigenvalue weighted by Gasteiger charge is -2.09. The number of ether oxygens (including phenoxy) is 1. The summed E-state index contributed by atoms with van der Waals surface area (Å²) in [6, 6.07) is 0.377. The molecule has 1 saturated heterocycles. The van der Waals surface area contributed by atoms with Gasteiger partial charge in [-0.05, 0) is 12.2 Å². The number of hydrogen-bond donors (Lipinski definition) is 1. The van der Waals surface area contributed by atoms with Gasteiger partial charge in [-0.1, -0.05) is 0 Å². The summed E-state index contributed by atoms with van der Waals surface area (Å²) < 4.78 is 4.70. The van der Waals surface area contributed by atoms with Gasteiger partial charge in [0.25, 0.3) is 0 Å². The number of carbonyl (C=O) groups excluding carboxylic acids is 1. The molecule has 0 bridgehead atoms. The van der Waals surface area contributed by atoms with Crippen molar-refractivity contribution in [3.05, 3.63) is 0 Å². The number of nitrogens with one attached hydrogen (secondary N) is 1. The van der Waals surface area contributed by atoms with E-state index in [9.17, 15) is 4.79 Å². The monoisotopic (exact) mass is 175 g/mol. The lowest BCUT2D eigenvalue weighted by Crippen LogP contribution is -2.36. The Labute approximate surface area is 70.9 Å². The van der Waals surface area contributed by atoms with Gasteiger partial charge in [-0.15, -0.1) is 0 Å². The number of thioether (sulfide) groups is 1. The molecule has 1 rings (SSSR count). The Morgan fingerprint density at radius 2 is 2.64 bits per heavy atom. The lowest BCUT2D eigenvalue weighted by molar-refractivity contribution is -0.125. The molecule has 1 amide bonds. The predicted octanol–water partition coefficient (Wildman–Crippen LogP) is 0.255. The highest BCUT2D eigenvalue weighted by Crippen LogP contribution is 2.16. The molecule has 1 atom stereocenters. The zero-order valence-electron chi connectivity index (χ0n) is 6.63. The molecule has 64 valence electrons. The number of rotatable bonds is 3. The van der Waals surface area contributed by atoms with Crippen molar-refractivity contribution in [2.75, 3.05) is 25.2 Å². The van der Waals surface area contributed by atoms with E-state index in [4.69, 9.17) is 4.74 Å². The van der Waals surface area contributed by atoms with E-state index in [2.05, 4.69) is 5.32 Å². The minimum Gasteiger partial charge on any atom is -0.375 e. The van der Waals surface area contributed by atoms with Crippen LogP contribution >= 0.6 is 11.8 Å². The van der Waals surface area contributed by atoms with Crippen molar-refractivity contribution in [2.45, 2.75) is 12.5 Å². The van der Waals surface area contributed by atoms with E-state index < -0.39 is 0 Å². The maximum Gasteiger partial charge on any atom is 0.246 e. The van der Waals surface area contributed by atoms with Gasteiger partial charge in [-0.25, -0.2) is 0 Å². The average Bonchev–Trinajstić information content (AvgIpc) is 2.40. The third-order valence-electron chi connectivity index (χ3n) is 1.57. The summed E-state index contributed by atoms with van der Waals surface area (Å²) in [6.07, 6.45) is 1.10. The Bertz CT molecular complexity index is 134. The van der Waals surface area contributed by atoms with Crippen molar-refractivity contribution < 1.29 is 9.53 Å². The molecule has 3 nitrogen and oxygen atoms in total. The summed E-state index contributed by atoms with van der Waals surface area (Å²) >= 11 is 1.89. The fourth-order valence-electron chi connectivity index (χ4n) is 1.05. The third-order valence-corrected chi connectivity index (χ3v) is 2.73. The molecule has 1 unspecified atom stereocenters.